The van der Waals surface area contributed by atoms with E-state index in [9.17, 15) is 15.3 Å². The summed E-state index contributed by atoms with van der Waals surface area (Å²) in [4.78, 5) is 0. The maximum atomic E-state index is 11.6. The van der Waals surface area contributed by atoms with Crippen molar-refractivity contribution in [2.24, 2.45) is 28.6 Å². The van der Waals surface area contributed by atoms with Crippen LogP contribution in [0.2, 0.25) is 0 Å². The van der Waals surface area contributed by atoms with Gasteiger partial charge in [0.15, 0.2) is 0 Å². The minimum Gasteiger partial charge on any atom is -0.393 e. The molecule has 0 heterocycles. The summed E-state index contributed by atoms with van der Waals surface area (Å²) in [5.74, 6) is 1.34. The van der Waals surface area contributed by atoms with Crippen LogP contribution in [0.1, 0.15) is 71.6 Å². The highest BCUT2D eigenvalue weighted by atomic mass is 16.3. The number of rotatable bonds is 0. The maximum Gasteiger partial charge on any atom is 0.0756 e. The van der Waals surface area contributed by atoms with Crippen molar-refractivity contribution in [2.45, 2.75) is 89.4 Å². The van der Waals surface area contributed by atoms with E-state index in [-0.39, 0.29) is 23.0 Å². The lowest BCUT2D eigenvalue weighted by molar-refractivity contribution is -0.238. The fraction of sp³-hybridized carbons (Fsp3) is 1.00. The molecular weight excluding hydrogens is 276 g/mol. The first-order valence-electron chi connectivity index (χ1n) is 9.40. The predicted molar refractivity (Wildman–Crippen MR) is 85.2 cm³/mol. The quantitative estimate of drug-likeness (QED) is 0.645. The molecule has 4 aliphatic rings. The van der Waals surface area contributed by atoms with Crippen LogP contribution in [0.4, 0.5) is 0 Å². The van der Waals surface area contributed by atoms with E-state index >= 15 is 0 Å². The molecule has 4 rings (SSSR count). The van der Waals surface area contributed by atoms with Gasteiger partial charge in [-0.3, -0.25) is 0 Å². The maximum absolute atomic E-state index is 11.6. The molecule has 3 nitrogen and oxygen atoms in total. The predicted octanol–water partition coefficient (Wildman–Crippen LogP) is 2.87. The first-order valence-corrected chi connectivity index (χ1v) is 9.40. The van der Waals surface area contributed by atoms with Crippen LogP contribution in [0.5, 0.6) is 0 Å². The minimum atomic E-state index is -0.667. The van der Waals surface area contributed by atoms with Crippen molar-refractivity contribution in [2.75, 3.05) is 0 Å². The van der Waals surface area contributed by atoms with E-state index < -0.39 is 5.60 Å². The standard InChI is InChI=1S/C19H32O3/c1-17-9-6-13(20)10-12(17)4-5-14-15(17)11-16(21)18(2)7-3-8-19(14,18)22/h12-16,20-22H,3-11H2,1-2H3/t12-,13+,14+,15-,16-,17-,18-,19+/m0/s1. The molecule has 0 aromatic carbocycles. The molecule has 0 saturated heterocycles. The lowest BCUT2D eigenvalue weighted by atomic mass is 9.43. The molecule has 126 valence electrons. The number of aliphatic hydroxyl groups excluding tert-OH is 2. The Morgan fingerprint density at radius 2 is 1.64 bits per heavy atom. The van der Waals surface area contributed by atoms with Gasteiger partial charge in [-0.15, -0.1) is 0 Å². The Morgan fingerprint density at radius 1 is 0.864 bits per heavy atom. The summed E-state index contributed by atoms with van der Waals surface area (Å²) in [7, 11) is 0. The van der Waals surface area contributed by atoms with Crippen LogP contribution in [0.15, 0.2) is 0 Å². The molecule has 0 radical (unpaired) electrons. The summed E-state index contributed by atoms with van der Waals surface area (Å²) < 4.78 is 0. The SMILES string of the molecule is C[C@]12CC[C@@H](O)C[C@@H]1CC[C@@H]1[C@@H]2C[C@H](O)[C@]2(C)CCC[C@@]12O. The first-order chi connectivity index (χ1) is 10.3. The Kier molecular flexibility index (Phi) is 3.30. The summed E-state index contributed by atoms with van der Waals surface area (Å²) in [5, 5.41) is 32.5. The second kappa shape index (κ2) is 4.70. The summed E-state index contributed by atoms with van der Waals surface area (Å²) in [5.41, 5.74) is -0.770. The highest BCUT2D eigenvalue weighted by molar-refractivity contribution is 5.17. The van der Waals surface area contributed by atoms with Gasteiger partial charge in [0, 0.05) is 5.41 Å². The summed E-state index contributed by atoms with van der Waals surface area (Å²) in [6, 6.07) is 0. The largest absolute Gasteiger partial charge is 0.393 e. The van der Waals surface area contributed by atoms with Gasteiger partial charge in [-0.05, 0) is 81.0 Å². The summed E-state index contributed by atoms with van der Waals surface area (Å²) in [6.45, 7) is 4.51. The second-order valence-corrected chi connectivity index (χ2v) is 9.37. The smallest absolute Gasteiger partial charge is 0.0756 e. The first kappa shape index (κ1) is 15.4. The van der Waals surface area contributed by atoms with E-state index in [1.54, 1.807) is 0 Å². The van der Waals surface area contributed by atoms with Crippen LogP contribution >= 0.6 is 0 Å². The van der Waals surface area contributed by atoms with Gasteiger partial charge >= 0.3 is 0 Å². The Hall–Kier alpha value is -0.120. The Morgan fingerprint density at radius 3 is 2.41 bits per heavy atom. The van der Waals surface area contributed by atoms with Gasteiger partial charge in [0.2, 0.25) is 0 Å². The van der Waals surface area contributed by atoms with Crippen LogP contribution in [0.25, 0.3) is 0 Å². The van der Waals surface area contributed by atoms with Crippen molar-refractivity contribution in [1.29, 1.82) is 0 Å². The zero-order valence-corrected chi connectivity index (χ0v) is 14.1. The van der Waals surface area contributed by atoms with E-state index in [0.717, 1.165) is 57.8 Å². The van der Waals surface area contributed by atoms with E-state index in [1.807, 2.05) is 0 Å². The number of fused-ring (bicyclic) bond motifs is 5. The summed E-state index contributed by atoms with van der Waals surface area (Å²) in [6.07, 6.45) is 8.31. The highest BCUT2D eigenvalue weighted by Crippen LogP contribution is 2.67. The Bertz CT molecular complexity index is 466. The molecule has 3 N–H and O–H groups in total. The average Bonchev–Trinajstić information content (AvgIpc) is 2.79. The molecule has 0 spiro atoms. The Balaban J connectivity index is 1.71. The number of aliphatic hydroxyl groups is 3. The van der Waals surface area contributed by atoms with Gasteiger partial charge in [-0.1, -0.05) is 13.8 Å². The molecular formula is C19H32O3. The topological polar surface area (TPSA) is 60.7 Å². The lowest BCUT2D eigenvalue weighted by Crippen LogP contribution is -2.65. The van der Waals surface area contributed by atoms with E-state index in [2.05, 4.69) is 13.8 Å². The zero-order chi connectivity index (χ0) is 15.8. The monoisotopic (exact) mass is 308 g/mol. The molecule has 0 unspecified atom stereocenters. The van der Waals surface area contributed by atoms with Crippen molar-refractivity contribution in [3.8, 4) is 0 Å². The van der Waals surface area contributed by atoms with Crippen molar-refractivity contribution in [1.82, 2.24) is 0 Å². The molecule has 4 saturated carbocycles. The highest BCUT2D eigenvalue weighted by Gasteiger charge is 2.67. The van der Waals surface area contributed by atoms with Gasteiger partial charge in [0.1, 0.15) is 0 Å². The number of hydrogen-bond donors (Lipinski definition) is 3. The third kappa shape index (κ3) is 1.74. The third-order valence-corrected chi connectivity index (χ3v) is 8.73. The van der Waals surface area contributed by atoms with E-state index in [1.165, 1.54) is 0 Å². The van der Waals surface area contributed by atoms with Crippen molar-refractivity contribution in [3.05, 3.63) is 0 Å². The van der Waals surface area contributed by atoms with Crippen LogP contribution in [0, 0.1) is 28.6 Å². The molecule has 0 amide bonds. The Labute approximate surface area is 134 Å². The molecule has 0 aromatic heterocycles. The fourth-order valence-electron chi connectivity index (χ4n) is 7.17. The molecule has 0 aliphatic heterocycles. The minimum absolute atomic E-state index is 0.136. The van der Waals surface area contributed by atoms with Gasteiger partial charge in [0.05, 0.1) is 17.8 Å². The molecule has 4 aliphatic carbocycles. The number of hydrogen-bond acceptors (Lipinski definition) is 3. The van der Waals surface area contributed by atoms with Crippen LogP contribution in [0.3, 0.4) is 0 Å². The molecule has 8 atom stereocenters. The third-order valence-electron chi connectivity index (χ3n) is 8.73. The molecule has 22 heavy (non-hydrogen) atoms. The van der Waals surface area contributed by atoms with Gasteiger partial charge in [-0.25, -0.2) is 0 Å². The average molecular weight is 308 g/mol. The second-order valence-electron chi connectivity index (χ2n) is 9.37. The molecule has 4 fully saturated rings. The zero-order valence-electron chi connectivity index (χ0n) is 14.1. The van der Waals surface area contributed by atoms with E-state index in [4.69, 9.17) is 0 Å². The lowest BCUT2D eigenvalue weighted by Gasteiger charge is -2.64. The van der Waals surface area contributed by atoms with Gasteiger partial charge in [-0.2, -0.15) is 0 Å². The van der Waals surface area contributed by atoms with Gasteiger partial charge in [0.25, 0.3) is 0 Å². The van der Waals surface area contributed by atoms with Gasteiger partial charge < -0.3 is 15.3 Å². The summed E-state index contributed by atoms with van der Waals surface area (Å²) >= 11 is 0. The van der Waals surface area contributed by atoms with Crippen molar-refractivity contribution in [3.63, 3.8) is 0 Å². The molecule has 0 aromatic rings. The molecule has 0 bridgehead atoms. The van der Waals surface area contributed by atoms with Crippen LogP contribution in [-0.2, 0) is 0 Å². The van der Waals surface area contributed by atoms with Crippen molar-refractivity contribution < 1.29 is 15.3 Å². The fourth-order valence-corrected chi connectivity index (χ4v) is 7.17. The van der Waals surface area contributed by atoms with Crippen molar-refractivity contribution >= 4 is 0 Å². The molecule has 3 heteroatoms. The van der Waals surface area contributed by atoms with Crippen LogP contribution < -0.4 is 0 Å². The van der Waals surface area contributed by atoms with E-state index in [0.29, 0.717) is 17.8 Å². The van der Waals surface area contributed by atoms with Crippen LogP contribution in [-0.4, -0.2) is 33.1 Å². The normalized spacial score (nSPS) is 61.2.